The minimum absolute atomic E-state index is 0.108. The Morgan fingerprint density at radius 1 is 1.12 bits per heavy atom. The van der Waals surface area contributed by atoms with Gasteiger partial charge in [-0.25, -0.2) is 0 Å². The predicted molar refractivity (Wildman–Crippen MR) is 67.5 cm³/mol. The molecule has 0 saturated carbocycles. The summed E-state index contributed by atoms with van der Waals surface area (Å²) in [5, 5.41) is 0. The summed E-state index contributed by atoms with van der Waals surface area (Å²) in [5.41, 5.74) is 4.77. The molecule has 0 aromatic carbocycles. The maximum atomic E-state index is 11.7. The van der Waals surface area contributed by atoms with Crippen LogP contribution in [0.15, 0.2) is 0 Å². The molecule has 2 N–H and O–H groups in total. The summed E-state index contributed by atoms with van der Waals surface area (Å²) in [6, 6.07) is -0.722. The number of carbonyl (C=O) groups is 2. The van der Waals surface area contributed by atoms with Gasteiger partial charge in [0.15, 0.2) is 0 Å². The van der Waals surface area contributed by atoms with Gasteiger partial charge < -0.3 is 10.5 Å². The second-order valence-electron chi connectivity index (χ2n) is 6.35. The van der Waals surface area contributed by atoms with E-state index in [-0.39, 0.29) is 11.2 Å². The third kappa shape index (κ3) is 7.10. The van der Waals surface area contributed by atoms with E-state index in [1.165, 1.54) is 0 Å². The number of ketones is 1. The fourth-order valence-electron chi connectivity index (χ4n) is 1.16. The van der Waals surface area contributed by atoms with Crippen molar-refractivity contribution < 1.29 is 14.3 Å². The van der Waals surface area contributed by atoms with Gasteiger partial charge in [-0.2, -0.15) is 0 Å². The summed E-state index contributed by atoms with van der Waals surface area (Å²) < 4.78 is 5.14. The number of nitrogens with two attached hydrogens (primary N) is 1. The molecule has 0 amide bonds. The van der Waals surface area contributed by atoms with E-state index in [9.17, 15) is 9.59 Å². The van der Waals surface area contributed by atoms with Crippen LogP contribution in [0.4, 0.5) is 0 Å². The Labute approximate surface area is 104 Å². The fraction of sp³-hybridized carbons (Fsp3) is 0.846. The molecule has 0 aliphatic carbocycles. The number of hydrogen-bond donors (Lipinski definition) is 1. The van der Waals surface area contributed by atoms with Gasteiger partial charge in [-0.15, -0.1) is 0 Å². The molecule has 4 nitrogen and oxygen atoms in total. The van der Waals surface area contributed by atoms with Crippen molar-refractivity contribution in [3.63, 3.8) is 0 Å². The van der Waals surface area contributed by atoms with Crippen molar-refractivity contribution in [2.75, 3.05) is 0 Å². The van der Waals surface area contributed by atoms with Crippen LogP contribution in [0.1, 0.15) is 54.4 Å². The summed E-state index contributed by atoms with van der Waals surface area (Å²) in [5.74, 6) is -0.337. The monoisotopic (exact) mass is 243 g/mol. The summed E-state index contributed by atoms with van der Waals surface area (Å²) in [6.07, 6.45) is 0.648. The SMILES string of the molecule is CC(C)(C)OC(=O)C(N)CCC(=O)C(C)(C)C. The minimum Gasteiger partial charge on any atom is -0.459 e. The molecular weight excluding hydrogens is 218 g/mol. The van der Waals surface area contributed by atoms with Gasteiger partial charge in [0.05, 0.1) is 0 Å². The Balaban J connectivity index is 4.16. The predicted octanol–water partition coefficient (Wildman–Crippen LogP) is 2.05. The van der Waals surface area contributed by atoms with E-state index in [1.807, 2.05) is 20.8 Å². The Morgan fingerprint density at radius 2 is 1.59 bits per heavy atom. The van der Waals surface area contributed by atoms with Crippen LogP contribution < -0.4 is 5.73 Å². The highest BCUT2D eigenvalue weighted by Gasteiger charge is 2.25. The molecule has 0 aromatic heterocycles. The summed E-state index contributed by atoms with van der Waals surface area (Å²) in [4.78, 5) is 23.2. The molecule has 1 atom stereocenters. The van der Waals surface area contributed by atoms with E-state index in [2.05, 4.69) is 0 Å². The van der Waals surface area contributed by atoms with Crippen LogP contribution in [0.5, 0.6) is 0 Å². The van der Waals surface area contributed by atoms with E-state index in [1.54, 1.807) is 20.8 Å². The Kier molecular flexibility index (Phi) is 5.33. The normalized spacial score (nSPS) is 14.3. The number of esters is 1. The number of rotatable bonds is 4. The zero-order valence-corrected chi connectivity index (χ0v) is 11.8. The second-order valence-corrected chi connectivity index (χ2v) is 6.35. The molecular formula is C13H25NO3. The van der Waals surface area contributed by atoms with E-state index < -0.39 is 17.6 Å². The molecule has 0 heterocycles. The third-order valence-electron chi connectivity index (χ3n) is 2.23. The highest BCUT2D eigenvalue weighted by Crippen LogP contribution is 2.18. The summed E-state index contributed by atoms with van der Waals surface area (Å²) >= 11 is 0. The van der Waals surface area contributed by atoms with Crippen LogP contribution in [0.25, 0.3) is 0 Å². The van der Waals surface area contributed by atoms with Crippen LogP contribution in [-0.4, -0.2) is 23.4 Å². The topological polar surface area (TPSA) is 69.4 Å². The van der Waals surface area contributed by atoms with Crippen LogP contribution in [0.2, 0.25) is 0 Å². The lowest BCUT2D eigenvalue weighted by molar-refractivity contribution is -0.156. The lowest BCUT2D eigenvalue weighted by Crippen LogP contribution is -2.38. The van der Waals surface area contributed by atoms with Gasteiger partial charge in [0.1, 0.15) is 17.4 Å². The fourth-order valence-corrected chi connectivity index (χ4v) is 1.16. The minimum atomic E-state index is -0.722. The van der Waals surface area contributed by atoms with Crippen LogP contribution in [0.3, 0.4) is 0 Å². The third-order valence-corrected chi connectivity index (χ3v) is 2.23. The first-order valence-electron chi connectivity index (χ1n) is 5.95. The molecule has 0 aromatic rings. The van der Waals surface area contributed by atoms with Crippen LogP contribution in [0, 0.1) is 5.41 Å². The van der Waals surface area contributed by atoms with Crippen LogP contribution in [-0.2, 0) is 14.3 Å². The molecule has 0 aliphatic rings. The van der Waals surface area contributed by atoms with Crippen molar-refractivity contribution in [3.05, 3.63) is 0 Å². The molecule has 17 heavy (non-hydrogen) atoms. The van der Waals surface area contributed by atoms with Crippen molar-refractivity contribution in [2.24, 2.45) is 11.1 Å². The molecule has 0 spiro atoms. The van der Waals surface area contributed by atoms with Gasteiger partial charge >= 0.3 is 5.97 Å². The Bertz CT molecular complexity index is 284. The standard InChI is InChI=1S/C13H25NO3/c1-12(2,3)10(15)8-7-9(14)11(16)17-13(4,5)6/h9H,7-8,14H2,1-6H3. The van der Waals surface area contributed by atoms with Gasteiger partial charge in [0.2, 0.25) is 0 Å². The Hall–Kier alpha value is -0.900. The maximum Gasteiger partial charge on any atom is 0.323 e. The molecule has 1 unspecified atom stereocenters. The van der Waals surface area contributed by atoms with E-state index >= 15 is 0 Å². The van der Waals surface area contributed by atoms with E-state index in [4.69, 9.17) is 10.5 Å². The van der Waals surface area contributed by atoms with E-state index in [0.29, 0.717) is 12.8 Å². The van der Waals surface area contributed by atoms with Crippen molar-refractivity contribution in [2.45, 2.75) is 66.0 Å². The summed E-state index contributed by atoms with van der Waals surface area (Å²) in [6.45, 7) is 10.9. The molecule has 0 rings (SSSR count). The number of hydrogen-bond acceptors (Lipinski definition) is 4. The Morgan fingerprint density at radius 3 is 1.94 bits per heavy atom. The zero-order chi connectivity index (χ0) is 13.9. The highest BCUT2D eigenvalue weighted by atomic mass is 16.6. The van der Waals surface area contributed by atoms with E-state index in [0.717, 1.165) is 0 Å². The molecule has 0 aliphatic heterocycles. The first kappa shape index (κ1) is 16.1. The van der Waals surface area contributed by atoms with Gasteiger partial charge in [0.25, 0.3) is 0 Å². The van der Waals surface area contributed by atoms with Crippen molar-refractivity contribution in [1.82, 2.24) is 0 Å². The lowest BCUT2D eigenvalue weighted by Gasteiger charge is -2.23. The quantitative estimate of drug-likeness (QED) is 0.767. The van der Waals surface area contributed by atoms with Gasteiger partial charge in [-0.05, 0) is 27.2 Å². The molecule has 0 radical (unpaired) electrons. The molecule has 100 valence electrons. The second kappa shape index (κ2) is 5.63. The number of Topliss-reactive ketones (excluding diaryl/α,β-unsaturated/α-hetero) is 1. The van der Waals surface area contributed by atoms with Crippen LogP contribution >= 0.6 is 0 Å². The number of ether oxygens (including phenoxy) is 1. The average Bonchev–Trinajstić information content (AvgIpc) is 2.08. The van der Waals surface area contributed by atoms with Gasteiger partial charge in [-0.3, -0.25) is 9.59 Å². The average molecular weight is 243 g/mol. The van der Waals surface area contributed by atoms with Gasteiger partial charge in [-0.1, -0.05) is 20.8 Å². The lowest BCUT2D eigenvalue weighted by atomic mass is 9.87. The highest BCUT2D eigenvalue weighted by molar-refractivity contribution is 5.84. The molecule has 0 bridgehead atoms. The van der Waals surface area contributed by atoms with Gasteiger partial charge in [0, 0.05) is 11.8 Å². The summed E-state index contributed by atoms with van der Waals surface area (Å²) in [7, 11) is 0. The first-order valence-corrected chi connectivity index (χ1v) is 5.95. The largest absolute Gasteiger partial charge is 0.459 e. The molecule has 0 saturated heterocycles. The molecule has 4 heteroatoms. The van der Waals surface area contributed by atoms with Crippen molar-refractivity contribution in [1.29, 1.82) is 0 Å². The smallest absolute Gasteiger partial charge is 0.323 e. The maximum absolute atomic E-state index is 11.7. The van der Waals surface area contributed by atoms with Crippen molar-refractivity contribution >= 4 is 11.8 Å². The number of carbonyl (C=O) groups excluding carboxylic acids is 2. The molecule has 0 fully saturated rings. The first-order chi connectivity index (χ1) is 7.43. The van der Waals surface area contributed by atoms with Crippen molar-refractivity contribution in [3.8, 4) is 0 Å². The zero-order valence-electron chi connectivity index (χ0n) is 11.8.